The van der Waals surface area contributed by atoms with Crippen LogP contribution in [0.15, 0.2) is 60.7 Å². The lowest BCUT2D eigenvalue weighted by Gasteiger charge is -2.30. The van der Waals surface area contributed by atoms with Crippen LogP contribution >= 0.6 is 17.0 Å². The summed E-state index contributed by atoms with van der Waals surface area (Å²) in [6.45, 7) is 4.75. The second kappa shape index (κ2) is 24.8. The van der Waals surface area contributed by atoms with Gasteiger partial charge >= 0.3 is 0 Å². The number of rotatable bonds is 17. The van der Waals surface area contributed by atoms with Crippen molar-refractivity contribution in [1.29, 1.82) is 0 Å². The molecule has 0 aliphatic carbocycles. The molecule has 4 heteroatoms. The van der Waals surface area contributed by atoms with E-state index >= 15 is 0 Å². The van der Waals surface area contributed by atoms with Crippen LogP contribution in [0.4, 0.5) is 5.69 Å². The molecule has 0 saturated heterocycles. The van der Waals surface area contributed by atoms with E-state index < -0.39 is 0 Å². The molecule has 2 aromatic carbocycles. The first-order valence-corrected chi connectivity index (χ1v) is 13.7. The Kier molecular flexibility index (Phi) is 25.8. The highest BCUT2D eigenvalue weighted by molar-refractivity contribution is 8.93. The van der Waals surface area contributed by atoms with Gasteiger partial charge in [-0.3, -0.25) is 0 Å². The smallest absolute Gasteiger partial charge is 0.104 e. The molecule has 0 bridgehead atoms. The SMILES string of the molecule is Br.CCCCCCCCCCCCCCCC[N+](C)(C)Cc1ccccc1.Nc1ccccc1.[Br-]. The molecule has 0 radical (unpaired) electrons. The predicted molar refractivity (Wildman–Crippen MR) is 159 cm³/mol. The summed E-state index contributed by atoms with van der Waals surface area (Å²) in [6, 6.07) is 20.4. The summed E-state index contributed by atoms with van der Waals surface area (Å²) in [5.41, 5.74) is 7.64. The Morgan fingerprint density at radius 1 is 0.571 bits per heavy atom. The maximum absolute atomic E-state index is 5.36. The number of quaternary nitrogens is 1. The van der Waals surface area contributed by atoms with E-state index in [-0.39, 0.29) is 34.0 Å². The fourth-order valence-electron chi connectivity index (χ4n) is 4.34. The van der Waals surface area contributed by atoms with Crippen molar-refractivity contribution in [3.8, 4) is 0 Å². The molecule has 0 aromatic heterocycles. The first-order valence-electron chi connectivity index (χ1n) is 13.7. The van der Waals surface area contributed by atoms with E-state index in [2.05, 4.69) is 51.4 Å². The summed E-state index contributed by atoms with van der Waals surface area (Å²) in [5, 5.41) is 0. The molecule has 0 atom stereocenters. The molecule has 2 N–H and O–H groups in total. The molecule has 0 aliphatic heterocycles. The van der Waals surface area contributed by atoms with Crippen LogP contribution in [0.25, 0.3) is 0 Å². The second-order valence-electron chi connectivity index (χ2n) is 10.3. The Morgan fingerprint density at radius 3 is 1.31 bits per heavy atom. The molecule has 2 nitrogen and oxygen atoms in total. The molecule has 0 unspecified atom stereocenters. The van der Waals surface area contributed by atoms with Crippen molar-refractivity contribution in [2.45, 2.75) is 103 Å². The highest BCUT2D eigenvalue weighted by Crippen LogP contribution is 2.15. The Morgan fingerprint density at radius 2 is 0.943 bits per heavy atom. The minimum absolute atomic E-state index is 0. The molecule has 0 saturated carbocycles. The van der Waals surface area contributed by atoms with E-state index in [4.69, 9.17) is 5.73 Å². The normalized spacial score (nSPS) is 10.5. The van der Waals surface area contributed by atoms with Gasteiger partial charge in [-0.05, 0) is 25.0 Å². The molecular weight excluding hydrogens is 560 g/mol. The largest absolute Gasteiger partial charge is 1.00 e. The first kappa shape index (κ1) is 36.3. The van der Waals surface area contributed by atoms with Crippen LogP contribution in [-0.4, -0.2) is 25.1 Å². The summed E-state index contributed by atoms with van der Waals surface area (Å²) in [4.78, 5) is 0. The van der Waals surface area contributed by atoms with E-state index in [9.17, 15) is 0 Å². The van der Waals surface area contributed by atoms with Gasteiger partial charge in [0.15, 0.2) is 0 Å². The number of hydrogen-bond acceptors (Lipinski definition) is 1. The third-order valence-electron chi connectivity index (χ3n) is 6.37. The van der Waals surface area contributed by atoms with E-state index in [0.717, 1.165) is 16.7 Å². The van der Waals surface area contributed by atoms with Gasteiger partial charge in [0.1, 0.15) is 6.54 Å². The van der Waals surface area contributed by atoms with Crippen LogP contribution in [0.2, 0.25) is 0 Å². The van der Waals surface area contributed by atoms with Crippen LogP contribution in [0.5, 0.6) is 0 Å². The molecule has 35 heavy (non-hydrogen) atoms. The zero-order valence-electron chi connectivity index (χ0n) is 22.9. The highest BCUT2D eigenvalue weighted by atomic mass is 79.9. The summed E-state index contributed by atoms with van der Waals surface area (Å²) < 4.78 is 1.11. The zero-order valence-corrected chi connectivity index (χ0v) is 26.2. The van der Waals surface area contributed by atoms with Crippen molar-refractivity contribution in [3.63, 3.8) is 0 Å². The molecule has 0 aliphatic rings. The van der Waals surface area contributed by atoms with Gasteiger partial charge in [0.25, 0.3) is 0 Å². The number of para-hydroxylation sites is 1. The van der Waals surface area contributed by atoms with Crippen molar-refractivity contribution in [2.24, 2.45) is 0 Å². The lowest BCUT2D eigenvalue weighted by Crippen LogP contribution is -3.00. The first-order chi connectivity index (χ1) is 16.0. The topological polar surface area (TPSA) is 26.0 Å². The van der Waals surface area contributed by atoms with E-state index in [1.807, 2.05) is 30.3 Å². The summed E-state index contributed by atoms with van der Waals surface area (Å²) in [6.07, 6.45) is 20.2. The average Bonchev–Trinajstić information content (AvgIpc) is 2.80. The van der Waals surface area contributed by atoms with E-state index in [0.29, 0.717) is 0 Å². The summed E-state index contributed by atoms with van der Waals surface area (Å²) in [7, 11) is 4.74. The van der Waals surface area contributed by atoms with Crippen molar-refractivity contribution in [1.82, 2.24) is 0 Å². The minimum Gasteiger partial charge on any atom is -1.00 e. The number of anilines is 1. The maximum Gasteiger partial charge on any atom is 0.104 e. The number of benzene rings is 2. The molecule has 202 valence electrons. The minimum atomic E-state index is 0. The Hall–Kier alpha value is -0.840. The lowest BCUT2D eigenvalue weighted by atomic mass is 10.0. The van der Waals surface area contributed by atoms with Crippen LogP contribution < -0.4 is 22.7 Å². The van der Waals surface area contributed by atoms with Crippen molar-refractivity contribution >= 4 is 22.7 Å². The van der Waals surface area contributed by atoms with Crippen LogP contribution in [0.1, 0.15) is 102 Å². The van der Waals surface area contributed by atoms with Crippen molar-refractivity contribution in [3.05, 3.63) is 66.2 Å². The number of nitrogens with zero attached hydrogens (tertiary/aromatic N) is 1. The van der Waals surface area contributed by atoms with Gasteiger partial charge in [0.2, 0.25) is 0 Å². The Balaban J connectivity index is 0. The van der Waals surface area contributed by atoms with E-state index in [1.165, 1.54) is 102 Å². The fourth-order valence-corrected chi connectivity index (χ4v) is 4.34. The predicted octanol–water partition coefficient (Wildman–Crippen LogP) is 6.60. The van der Waals surface area contributed by atoms with Gasteiger partial charge in [-0.15, -0.1) is 17.0 Å². The van der Waals surface area contributed by atoms with Gasteiger partial charge in [-0.25, -0.2) is 0 Å². The molecule has 0 fully saturated rings. The molecular formula is C31H54Br2N2. The quantitative estimate of drug-likeness (QED) is 0.121. The van der Waals surface area contributed by atoms with Crippen LogP contribution in [0.3, 0.4) is 0 Å². The van der Waals surface area contributed by atoms with Crippen molar-refractivity contribution < 1.29 is 21.5 Å². The third kappa shape index (κ3) is 23.3. The monoisotopic (exact) mass is 612 g/mol. The number of hydrogen-bond donors (Lipinski definition) is 1. The maximum atomic E-state index is 5.36. The number of nitrogen functional groups attached to an aromatic ring is 1. The van der Waals surface area contributed by atoms with Crippen LogP contribution in [0, 0.1) is 0 Å². The van der Waals surface area contributed by atoms with E-state index in [1.54, 1.807) is 0 Å². The van der Waals surface area contributed by atoms with Gasteiger partial charge < -0.3 is 27.2 Å². The van der Waals surface area contributed by atoms with Crippen molar-refractivity contribution in [2.75, 3.05) is 26.4 Å². The summed E-state index contributed by atoms with van der Waals surface area (Å²) >= 11 is 0. The zero-order chi connectivity index (χ0) is 24.0. The van der Waals surface area contributed by atoms with Gasteiger partial charge in [-0.2, -0.15) is 0 Å². The Labute approximate surface area is 239 Å². The fraction of sp³-hybridized carbons (Fsp3) is 0.613. The van der Waals surface area contributed by atoms with Gasteiger partial charge in [0, 0.05) is 11.3 Å². The molecule has 0 amide bonds. The molecule has 2 rings (SSSR count). The average molecular weight is 615 g/mol. The van der Waals surface area contributed by atoms with Crippen LogP contribution in [-0.2, 0) is 6.54 Å². The lowest BCUT2D eigenvalue weighted by molar-refractivity contribution is -0.903. The standard InChI is InChI=1S/C25H46N.C6H7N.2BrH/c1-4-5-6-7-8-9-10-11-12-13-14-15-16-20-23-26(2,3)24-25-21-18-17-19-22-25;7-6-4-2-1-3-5-6;;/h17-19,21-22H,4-16,20,23-24H2,1-3H3;1-5H,7H2;2*1H/q+1;;;/p-1. The molecule has 2 aromatic rings. The number of nitrogens with two attached hydrogens (primary N) is 1. The number of unbranched alkanes of at least 4 members (excludes halogenated alkanes) is 13. The molecule has 0 heterocycles. The van der Waals surface area contributed by atoms with Gasteiger partial charge in [-0.1, -0.05) is 133 Å². The highest BCUT2D eigenvalue weighted by Gasteiger charge is 2.14. The second-order valence-corrected chi connectivity index (χ2v) is 10.3. The Bertz CT molecular complexity index is 662. The van der Waals surface area contributed by atoms with Gasteiger partial charge in [0.05, 0.1) is 20.6 Å². The third-order valence-corrected chi connectivity index (χ3v) is 6.37. The number of halogens is 2. The molecule has 0 spiro atoms. The summed E-state index contributed by atoms with van der Waals surface area (Å²) in [5.74, 6) is 0.